The molecule has 0 aromatic carbocycles. The molecule has 4 heteroatoms. The van der Waals surface area contributed by atoms with Gasteiger partial charge in [0.25, 0.3) is 0 Å². The van der Waals surface area contributed by atoms with Gasteiger partial charge in [0.1, 0.15) is 0 Å². The molecule has 0 saturated heterocycles. The maximum absolute atomic E-state index is 5.32. The van der Waals surface area contributed by atoms with Crippen molar-refractivity contribution >= 4 is 10.2 Å². The minimum absolute atomic E-state index is 0.102. The molecule has 0 fully saturated rings. The Bertz CT molecular complexity index is 74.2. The Morgan fingerprint density at radius 2 is 2.00 bits per heavy atom. The van der Waals surface area contributed by atoms with Gasteiger partial charge < -0.3 is 17.2 Å². The lowest BCUT2D eigenvalue weighted by atomic mass is 10.5. The molecule has 1 unspecified atom stereocenters. The molecule has 0 aliphatic rings. The normalized spacial score (nSPS) is 13.3. The third-order valence-corrected chi connectivity index (χ3v) is 0.789. The Morgan fingerprint density at radius 3 is 2.00 bits per heavy atom. The number of rotatable bonds is 1. The zero-order chi connectivity index (χ0) is 5.86. The van der Waals surface area contributed by atoms with Gasteiger partial charge in [-0.25, -0.2) is 0 Å². The van der Waals surface area contributed by atoms with Crippen molar-refractivity contribution in [3.8, 4) is 0 Å². The molecular weight excluding hydrogens is 106 g/mol. The molecule has 0 aromatic rings. The summed E-state index contributed by atoms with van der Waals surface area (Å²) in [7, 11) is 0.908. The summed E-state index contributed by atoms with van der Waals surface area (Å²) in [4.78, 5) is 0. The van der Waals surface area contributed by atoms with Gasteiger partial charge in [0.05, 0.1) is 5.82 Å². The molecule has 0 aliphatic heterocycles. The van der Waals surface area contributed by atoms with E-state index in [0.717, 1.165) is 10.2 Å². The molecule has 42 valence electrons. The standard InChI is InChI=1S/C3H11N3Si/c4-2(5)1-3(6)7/h1,3H,4-6H2,7H3. The van der Waals surface area contributed by atoms with Crippen molar-refractivity contribution in [1.82, 2.24) is 0 Å². The van der Waals surface area contributed by atoms with Crippen LogP contribution in [0, 0.1) is 0 Å². The van der Waals surface area contributed by atoms with E-state index in [4.69, 9.17) is 17.2 Å². The van der Waals surface area contributed by atoms with Crippen molar-refractivity contribution in [3.63, 3.8) is 0 Å². The Hall–Kier alpha value is -0.483. The van der Waals surface area contributed by atoms with Crippen LogP contribution in [0.1, 0.15) is 0 Å². The van der Waals surface area contributed by atoms with E-state index in [0.29, 0.717) is 5.82 Å². The quantitative estimate of drug-likeness (QED) is 0.329. The highest BCUT2D eigenvalue weighted by atomic mass is 28.1. The molecule has 0 rings (SSSR count). The predicted molar refractivity (Wildman–Crippen MR) is 34.4 cm³/mol. The third kappa shape index (κ3) is 5.52. The Morgan fingerprint density at radius 1 is 1.57 bits per heavy atom. The Labute approximate surface area is 46.0 Å². The first-order valence-corrected chi connectivity index (χ1v) is 3.26. The zero-order valence-corrected chi connectivity index (χ0v) is 6.39. The minimum atomic E-state index is 0.102. The molecule has 7 heavy (non-hydrogen) atoms. The highest BCUT2D eigenvalue weighted by molar-refractivity contribution is 6.12. The molecular formula is C3H11N3Si. The smallest absolute Gasteiger partial charge is 0.0904 e. The second-order valence-corrected chi connectivity index (χ2v) is 2.86. The van der Waals surface area contributed by atoms with Gasteiger partial charge in [0, 0.05) is 15.9 Å². The van der Waals surface area contributed by atoms with Gasteiger partial charge in [0.2, 0.25) is 0 Å². The van der Waals surface area contributed by atoms with Crippen molar-refractivity contribution in [1.29, 1.82) is 0 Å². The second-order valence-electron chi connectivity index (χ2n) is 1.53. The molecule has 0 spiro atoms. The van der Waals surface area contributed by atoms with Crippen LogP contribution >= 0.6 is 0 Å². The van der Waals surface area contributed by atoms with E-state index in [1.165, 1.54) is 0 Å². The van der Waals surface area contributed by atoms with Gasteiger partial charge in [-0.1, -0.05) is 0 Å². The minimum Gasteiger partial charge on any atom is -0.386 e. The average molecular weight is 117 g/mol. The molecule has 0 amide bonds. The summed E-state index contributed by atoms with van der Waals surface area (Å²) in [5.41, 5.74) is 15.6. The van der Waals surface area contributed by atoms with Crippen molar-refractivity contribution < 1.29 is 0 Å². The molecule has 6 N–H and O–H groups in total. The molecule has 3 nitrogen and oxygen atoms in total. The summed E-state index contributed by atoms with van der Waals surface area (Å²) < 4.78 is 0. The third-order valence-electron chi connectivity index (χ3n) is 0.455. The van der Waals surface area contributed by atoms with E-state index in [9.17, 15) is 0 Å². The van der Waals surface area contributed by atoms with E-state index in [-0.39, 0.29) is 5.67 Å². The maximum atomic E-state index is 5.32. The van der Waals surface area contributed by atoms with Gasteiger partial charge in [0.15, 0.2) is 0 Å². The van der Waals surface area contributed by atoms with Crippen LogP contribution in [0.2, 0.25) is 0 Å². The predicted octanol–water partition coefficient (Wildman–Crippen LogP) is -2.60. The first kappa shape index (κ1) is 6.52. The number of hydrogen-bond donors (Lipinski definition) is 3. The van der Waals surface area contributed by atoms with Crippen LogP contribution in [0.25, 0.3) is 0 Å². The monoisotopic (exact) mass is 117 g/mol. The highest BCUT2D eigenvalue weighted by Crippen LogP contribution is 1.71. The first-order chi connectivity index (χ1) is 3.13. The fraction of sp³-hybridized carbons (Fsp3) is 0.333. The van der Waals surface area contributed by atoms with Crippen LogP contribution < -0.4 is 17.2 Å². The van der Waals surface area contributed by atoms with E-state index >= 15 is 0 Å². The summed E-state index contributed by atoms with van der Waals surface area (Å²) in [5.74, 6) is 0.322. The van der Waals surface area contributed by atoms with Crippen molar-refractivity contribution in [3.05, 3.63) is 11.9 Å². The van der Waals surface area contributed by atoms with Crippen molar-refractivity contribution in [2.75, 3.05) is 0 Å². The largest absolute Gasteiger partial charge is 0.386 e. The molecule has 0 heterocycles. The maximum Gasteiger partial charge on any atom is 0.0904 e. The van der Waals surface area contributed by atoms with Gasteiger partial charge >= 0.3 is 0 Å². The van der Waals surface area contributed by atoms with Crippen molar-refractivity contribution in [2.24, 2.45) is 17.2 Å². The second kappa shape index (κ2) is 2.65. The number of nitrogens with two attached hydrogens (primary N) is 3. The lowest BCUT2D eigenvalue weighted by Gasteiger charge is -1.94. The lowest BCUT2D eigenvalue weighted by Crippen LogP contribution is -2.21. The molecule has 0 saturated carbocycles. The topological polar surface area (TPSA) is 78.1 Å². The van der Waals surface area contributed by atoms with E-state index < -0.39 is 0 Å². The van der Waals surface area contributed by atoms with Crippen LogP contribution in [0.15, 0.2) is 11.9 Å². The summed E-state index contributed by atoms with van der Waals surface area (Å²) in [6.45, 7) is 0. The molecule has 0 aliphatic carbocycles. The molecule has 0 bridgehead atoms. The van der Waals surface area contributed by atoms with Crippen molar-refractivity contribution in [2.45, 2.75) is 5.67 Å². The molecule has 0 aromatic heterocycles. The molecule has 1 atom stereocenters. The van der Waals surface area contributed by atoms with Gasteiger partial charge in [-0.3, -0.25) is 0 Å². The van der Waals surface area contributed by atoms with E-state index in [1.807, 2.05) is 0 Å². The summed E-state index contributed by atoms with van der Waals surface area (Å²) in [5, 5.41) is 0. The summed E-state index contributed by atoms with van der Waals surface area (Å²) >= 11 is 0. The fourth-order valence-electron chi connectivity index (χ4n) is 0.304. The average Bonchev–Trinajstić information content (AvgIpc) is 1.27. The Kier molecular flexibility index (Phi) is 2.47. The van der Waals surface area contributed by atoms with Crippen LogP contribution in [0.5, 0.6) is 0 Å². The van der Waals surface area contributed by atoms with E-state index in [1.54, 1.807) is 6.08 Å². The summed E-state index contributed by atoms with van der Waals surface area (Å²) in [6.07, 6.45) is 1.65. The molecule has 0 radical (unpaired) electrons. The first-order valence-electron chi connectivity index (χ1n) is 2.11. The van der Waals surface area contributed by atoms with E-state index in [2.05, 4.69) is 0 Å². The summed E-state index contributed by atoms with van der Waals surface area (Å²) in [6, 6.07) is 0. The van der Waals surface area contributed by atoms with Gasteiger partial charge in [-0.05, 0) is 6.08 Å². The van der Waals surface area contributed by atoms with Crippen LogP contribution in [-0.4, -0.2) is 15.9 Å². The number of hydrogen-bond acceptors (Lipinski definition) is 3. The highest BCUT2D eigenvalue weighted by Gasteiger charge is 1.83. The van der Waals surface area contributed by atoms with Crippen LogP contribution in [0.4, 0.5) is 0 Å². The zero-order valence-electron chi connectivity index (χ0n) is 4.39. The lowest BCUT2D eigenvalue weighted by molar-refractivity contribution is 1.09. The van der Waals surface area contributed by atoms with Gasteiger partial charge in [-0.15, -0.1) is 0 Å². The van der Waals surface area contributed by atoms with Gasteiger partial charge in [-0.2, -0.15) is 0 Å². The fourth-order valence-corrected chi connectivity index (χ4v) is 0.688. The van der Waals surface area contributed by atoms with Crippen LogP contribution in [-0.2, 0) is 0 Å². The SMILES string of the molecule is NC(N)=CC(N)[SiH3]. The van der Waals surface area contributed by atoms with Crippen LogP contribution in [0.3, 0.4) is 0 Å². The Balaban J connectivity index is 3.45.